The number of rotatable bonds is 7. The van der Waals surface area contributed by atoms with Gasteiger partial charge in [-0.25, -0.2) is 0 Å². The number of benzene rings is 2. The Morgan fingerprint density at radius 2 is 1.62 bits per heavy atom. The van der Waals surface area contributed by atoms with Crippen molar-refractivity contribution in [2.75, 3.05) is 28.4 Å². The van der Waals surface area contributed by atoms with Crippen molar-refractivity contribution in [3.05, 3.63) is 51.2 Å². The van der Waals surface area contributed by atoms with Crippen LogP contribution in [0, 0.1) is 5.82 Å². The Morgan fingerprint density at radius 3 is 2.14 bits per heavy atom. The summed E-state index contributed by atoms with van der Waals surface area (Å²) in [5.41, 5.74) is 2.06. The van der Waals surface area contributed by atoms with E-state index in [1.54, 1.807) is 24.3 Å². The molecule has 0 saturated heterocycles. The molecule has 0 atom stereocenters. The van der Waals surface area contributed by atoms with Gasteiger partial charge in [-0.2, -0.15) is 0 Å². The van der Waals surface area contributed by atoms with Gasteiger partial charge in [0.1, 0.15) is 0 Å². The molecule has 3 rings (SSSR count). The maximum absolute atomic E-state index is 14.0. The van der Waals surface area contributed by atoms with E-state index in [9.17, 15) is 9.60 Å². The number of methoxy groups -OCH3 is 4. The first-order valence-corrected chi connectivity index (χ1v) is 10.2. The van der Waals surface area contributed by atoms with Crippen LogP contribution >= 0.6 is 0 Å². The van der Waals surface area contributed by atoms with Crippen LogP contribution in [0.3, 0.4) is 0 Å². The molecule has 0 radical (unpaired) electrons. The summed E-state index contributed by atoms with van der Waals surface area (Å²) in [4.78, 5) is 6.45. The van der Waals surface area contributed by atoms with E-state index in [1.165, 1.54) is 34.5 Å². The Hall–Kier alpha value is -3.03. The summed E-state index contributed by atoms with van der Waals surface area (Å²) < 4.78 is 35.6. The van der Waals surface area contributed by atoms with Crippen molar-refractivity contribution < 1.29 is 28.5 Å². The second-order valence-electron chi connectivity index (χ2n) is 5.75. The van der Waals surface area contributed by atoms with Crippen LogP contribution in [0.4, 0.5) is 4.39 Å². The van der Waals surface area contributed by atoms with Crippen molar-refractivity contribution in [3.8, 4) is 34.3 Å². The van der Waals surface area contributed by atoms with Crippen molar-refractivity contribution >= 4 is 20.2 Å². The summed E-state index contributed by atoms with van der Waals surface area (Å²) >= 11 is -0.215. The zero-order valence-electron chi connectivity index (χ0n) is 16.2. The van der Waals surface area contributed by atoms with Crippen LogP contribution in [0.1, 0.15) is 10.1 Å². The maximum atomic E-state index is 14.0. The molecular formula is C20H19FN2O5Se. The van der Waals surface area contributed by atoms with Gasteiger partial charge in [0, 0.05) is 0 Å². The van der Waals surface area contributed by atoms with Gasteiger partial charge in [0.2, 0.25) is 0 Å². The number of nitrogens with zero attached hydrogens (tertiary/aromatic N) is 2. The molecule has 3 aromatic rings. The first-order chi connectivity index (χ1) is 14.1. The number of hydrogen-bond acceptors (Lipinski definition) is 7. The average Bonchev–Trinajstić information content (AvgIpc) is 3.23. The quantitative estimate of drug-likeness (QED) is 0.250. The molecule has 1 N–H and O–H groups in total. The van der Waals surface area contributed by atoms with Crippen molar-refractivity contribution in [2.45, 2.75) is 0 Å². The van der Waals surface area contributed by atoms with Crippen LogP contribution < -0.4 is 18.9 Å². The normalized spacial score (nSPS) is 11.3. The van der Waals surface area contributed by atoms with Crippen molar-refractivity contribution in [3.63, 3.8) is 0 Å². The summed E-state index contributed by atoms with van der Waals surface area (Å²) in [5.74, 6) is 0.987. The number of oxime groups is 1. The molecule has 0 aliphatic rings. The Balaban J connectivity index is 2.02. The minimum atomic E-state index is -0.470. The van der Waals surface area contributed by atoms with Gasteiger partial charge in [0.05, 0.1) is 0 Å². The van der Waals surface area contributed by atoms with E-state index in [2.05, 4.69) is 10.1 Å². The fourth-order valence-corrected chi connectivity index (χ4v) is 4.53. The molecule has 152 valence electrons. The molecule has 0 bridgehead atoms. The van der Waals surface area contributed by atoms with Crippen LogP contribution in [-0.2, 0) is 0 Å². The van der Waals surface area contributed by atoms with Gasteiger partial charge in [-0.1, -0.05) is 0 Å². The molecule has 0 spiro atoms. The third kappa shape index (κ3) is 4.06. The molecule has 29 heavy (non-hydrogen) atoms. The molecule has 0 aliphatic carbocycles. The van der Waals surface area contributed by atoms with E-state index in [-0.39, 0.29) is 26.0 Å². The Morgan fingerprint density at radius 1 is 0.966 bits per heavy atom. The van der Waals surface area contributed by atoms with E-state index >= 15 is 0 Å². The molecule has 1 heterocycles. The van der Waals surface area contributed by atoms with Gasteiger partial charge in [0.15, 0.2) is 0 Å². The molecule has 0 saturated carbocycles. The molecule has 0 amide bonds. The Labute approximate surface area is 173 Å². The summed E-state index contributed by atoms with van der Waals surface area (Å²) in [6, 6.07) is 8.00. The first kappa shape index (κ1) is 20.7. The van der Waals surface area contributed by atoms with Crippen LogP contribution in [0.2, 0.25) is 0 Å². The molecule has 0 aliphatic heterocycles. The van der Waals surface area contributed by atoms with E-state index in [0.29, 0.717) is 38.6 Å². The molecular weight excluding hydrogens is 446 g/mol. The predicted octanol–water partition coefficient (Wildman–Crippen LogP) is 3.21. The van der Waals surface area contributed by atoms with Crippen LogP contribution in [0.15, 0.2) is 40.4 Å². The summed E-state index contributed by atoms with van der Waals surface area (Å²) in [5, 5.41) is 13.1. The monoisotopic (exact) mass is 466 g/mol. The first-order valence-electron chi connectivity index (χ1n) is 8.38. The van der Waals surface area contributed by atoms with Gasteiger partial charge >= 0.3 is 173 Å². The number of aromatic nitrogens is 1. The van der Waals surface area contributed by atoms with E-state index < -0.39 is 5.82 Å². The zero-order valence-corrected chi connectivity index (χ0v) is 17.9. The second-order valence-corrected chi connectivity index (χ2v) is 7.55. The van der Waals surface area contributed by atoms with Gasteiger partial charge in [-0.05, 0) is 0 Å². The van der Waals surface area contributed by atoms with Crippen molar-refractivity contribution in [2.24, 2.45) is 5.16 Å². The van der Waals surface area contributed by atoms with Crippen LogP contribution in [-0.4, -0.2) is 58.8 Å². The Kier molecular flexibility index (Phi) is 6.41. The zero-order chi connectivity index (χ0) is 21.0. The number of halogens is 1. The predicted molar refractivity (Wildman–Crippen MR) is 107 cm³/mol. The fourth-order valence-electron chi connectivity index (χ4n) is 2.78. The summed E-state index contributed by atoms with van der Waals surface area (Å²) in [6.07, 6.45) is 0. The molecule has 0 fully saturated rings. The van der Waals surface area contributed by atoms with E-state index in [0.717, 1.165) is 0 Å². The molecule has 1 aromatic heterocycles. The molecule has 7 nitrogen and oxygen atoms in total. The van der Waals surface area contributed by atoms with Gasteiger partial charge < -0.3 is 0 Å². The minimum absolute atomic E-state index is 0.164. The summed E-state index contributed by atoms with van der Waals surface area (Å²) in [7, 11) is 5.93. The molecule has 9 heteroatoms. The third-order valence-electron chi connectivity index (χ3n) is 4.19. The van der Waals surface area contributed by atoms with Crippen molar-refractivity contribution in [1.82, 2.24) is 4.98 Å². The fraction of sp³-hybridized carbons (Fsp3) is 0.200. The van der Waals surface area contributed by atoms with E-state index in [4.69, 9.17) is 18.9 Å². The Bertz CT molecular complexity index is 1030. The summed E-state index contributed by atoms with van der Waals surface area (Å²) in [6.45, 7) is 0. The van der Waals surface area contributed by atoms with Crippen molar-refractivity contribution in [1.29, 1.82) is 0 Å². The third-order valence-corrected chi connectivity index (χ3v) is 5.97. The topological polar surface area (TPSA) is 82.4 Å². The number of ether oxygens (including phenoxy) is 4. The SMILES string of the molecule is COc1ccc(-c2c[se]c(/C(=N\O)c3cc(OC)c(OC)c(OC)c3)n2)cc1F. The second kappa shape index (κ2) is 8.98. The molecule has 0 unspecified atom stereocenters. The molecule has 2 aromatic carbocycles. The standard InChI is InChI=1S/C20H19FN2O5Se/c1-25-15-6-5-11(7-13(15)21)14-10-29-20(22-14)18(23-24)12-8-16(26-2)19(28-4)17(9-12)27-3/h5-10,24H,1-4H3/b23-18-. The van der Waals surface area contributed by atoms with Gasteiger partial charge in [-0.3, -0.25) is 0 Å². The van der Waals surface area contributed by atoms with Crippen LogP contribution in [0.25, 0.3) is 11.3 Å². The van der Waals surface area contributed by atoms with Gasteiger partial charge in [-0.15, -0.1) is 0 Å². The van der Waals surface area contributed by atoms with E-state index in [1.807, 2.05) is 4.94 Å². The average molecular weight is 465 g/mol. The number of hydrogen-bond donors (Lipinski definition) is 1. The van der Waals surface area contributed by atoms with Crippen LogP contribution in [0.5, 0.6) is 23.0 Å². The van der Waals surface area contributed by atoms with Gasteiger partial charge in [0.25, 0.3) is 0 Å².